The van der Waals surface area contributed by atoms with Crippen LogP contribution in [0.3, 0.4) is 0 Å². The molecule has 0 N–H and O–H groups in total. The fourth-order valence-electron chi connectivity index (χ4n) is 3.22. The molecule has 126 valence electrons. The van der Waals surface area contributed by atoms with E-state index in [2.05, 4.69) is 39.2 Å². The van der Waals surface area contributed by atoms with E-state index in [4.69, 9.17) is 23.2 Å². The second-order valence-corrected chi connectivity index (χ2v) is 6.71. The van der Waals surface area contributed by atoms with Crippen LogP contribution in [0.5, 0.6) is 0 Å². The summed E-state index contributed by atoms with van der Waals surface area (Å²) >= 11 is 11.9. The molecule has 0 amide bonds. The van der Waals surface area contributed by atoms with Gasteiger partial charge in [-0.3, -0.25) is 9.89 Å². The smallest absolute Gasteiger partial charge is 0.225 e. The highest BCUT2D eigenvalue weighted by Gasteiger charge is 2.16. The minimum absolute atomic E-state index is 0.117. The summed E-state index contributed by atoms with van der Waals surface area (Å²) in [5.74, 6) is 1.28. The highest BCUT2D eigenvalue weighted by atomic mass is 35.5. The lowest BCUT2D eigenvalue weighted by atomic mass is 9.84. The maximum atomic E-state index is 6.00. The van der Waals surface area contributed by atoms with Crippen LogP contribution in [0.2, 0.25) is 10.4 Å². The van der Waals surface area contributed by atoms with Crippen molar-refractivity contribution in [2.24, 2.45) is 4.99 Å². The summed E-state index contributed by atoms with van der Waals surface area (Å²) in [4.78, 5) is 14.1. The first-order chi connectivity index (χ1) is 11.7. The van der Waals surface area contributed by atoms with Gasteiger partial charge in [-0.25, -0.2) is 4.98 Å². The van der Waals surface area contributed by atoms with E-state index in [0.29, 0.717) is 16.9 Å². The van der Waals surface area contributed by atoms with Gasteiger partial charge in [-0.05, 0) is 48.1 Å². The Hall–Kier alpha value is -1.65. The summed E-state index contributed by atoms with van der Waals surface area (Å²) in [7, 11) is 1.72. The Balaban J connectivity index is 1.88. The van der Waals surface area contributed by atoms with Crippen molar-refractivity contribution < 1.29 is 0 Å². The summed E-state index contributed by atoms with van der Waals surface area (Å²) in [6.07, 6.45) is 8.31. The summed E-state index contributed by atoms with van der Waals surface area (Å²) in [5.41, 5.74) is 2.37. The first kappa shape index (κ1) is 17.2. The van der Waals surface area contributed by atoms with E-state index in [1.807, 2.05) is 4.90 Å². The highest BCUT2D eigenvalue weighted by Crippen LogP contribution is 2.34. The minimum Gasteiger partial charge on any atom is -0.285 e. The van der Waals surface area contributed by atoms with E-state index < -0.39 is 0 Å². The molecule has 1 aromatic carbocycles. The molecule has 6 heteroatoms. The molecular weight excluding hydrogens is 343 g/mol. The molecule has 4 nitrogen and oxygen atoms in total. The minimum atomic E-state index is 0.117. The third-order valence-corrected chi connectivity index (χ3v) is 4.74. The molecule has 0 radical (unpaired) electrons. The van der Waals surface area contributed by atoms with Crippen molar-refractivity contribution in [1.82, 2.24) is 9.97 Å². The SMILES string of the molecule is CN=CN(c1ccc(C2CCCCC2)cc1)c1cc(Cl)nc(Cl)n1. The van der Waals surface area contributed by atoms with Crippen molar-refractivity contribution in [3.63, 3.8) is 0 Å². The van der Waals surface area contributed by atoms with Crippen LogP contribution >= 0.6 is 23.2 Å². The van der Waals surface area contributed by atoms with Gasteiger partial charge in [-0.2, -0.15) is 4.98 Å². The number of aromatic nitrogens is 2. The Labute approximate surface area is 152 Å². The van der Waals surface area contributed by atoms with Gasteiger partial charge in [0.15, 0.2) is 0 Å². The first-order valence-electron chi connectivity index (χ1n) is 8.19. The third-order valence-electron chi connectivity index (χ3n) is 4.38. The molecule has 2 aromatic rings. The van der Waals surface area contributed by atoms with Gasteiger partial charge in [0.2, 0.25) is 5.28 Å². The van der Waals surface area contributed by atoms with Gasteiger partial charge in [0.05, 0.1) is 6.34 Å². The van der Waals surface area contributed by atoms with Gasteiger partial charge >= 0.3 is 0 Å². The largest absolute Gasteiger partial charge is 0.285 e. The van der Waals surface area contributed by atoms with Crippen LogP contribution in [0.15, 0.2) is 35.3 Å². The molecule has 0 saturated heterocycles. The molecule has 1 aromatic heterocycles. The van der Waals surface area contributed by atoms with Crippen molar-refractivity contribution in [3.8, 4) is 0 Å². The average Bonchev–Trinajstić information content (AvgIpc) is 2.60. The van der Waals surface area contributed by atoms with Crippen molar-refractivity contribution in [2.75, 3.05) is 11.9 Å². The second kappa shape index (κ2) is 7.95. The Morgan fingerprint density at radius 2 is 1.79 bits per heavy atom. The van der Waals surface area contributed by atoms with Crippen molar-refractivity contribution in [3.05, 3.63) is 46.3 Å². The van der Waals surface area contributed by atoms with E-state index in [9.17, 15) is 0 Å². The van der Waals surface area contributed by atoms with Crippen LogP contribution in [0.1, 0.15) is 43.6 Å². The lowest BCUT2D eigenvalue weighted by Gasteiger charge is -2.23. The molecule has 24 heavy (non-hydrogen) atoms. The molecule has 1 saturated carbocycles. The Kier molecular flexibility index (Phi) is 5.69. The van der Waals surface area contributed by atoms with E-state index >= 15 is 0 Å². The Bertz CT molecular complexity index is 689. The van der Waals surface area contributed by atoms with E-state index in [1.165, 1.54) is 37.7 Å². The lowest BCUT2D eigenvalue weighted by Crippen LogP contribution is -2.16. The van der Waals surface area contributed by atoms with E-state index in [1.54, 1.807) is 19.5 Å². The fraction of sp³-hybridized carbons (Fsp3) is 0.389. The number of halogens is 2. The average molecular weight is 363 g/mol. The predicted molar refractivity (Wildman–Crippen MR) is 101 cm³/mol. The number of hydrogen-bond acceptors (Lipinski definition) is 3. The molecule has 0 bridgehead atoms. The maximum Gasteiger partial charge on any atom is 0.225 e. The highest BCUT2D eigenvalue weighted by molar-refractivity contribution is 6.32. The van der Waals surface area contributed by atoms with Crippen LogP contribution in [0.25, 0.3) is 0 Å². The van der Waals surface area contributed by atoms with Crippen molar-refractivity contribution in [1.29, 1.82) is 0 Å². The van der Waals surface area contributed by atoms with Gasteiger partial charge < -0.3 is 0 Å². The van der Waals surface area contributed by atoms with Gasteiger partial charge in [-0.15, -0.1) is 0 Å². The topological polar surface area (TPSA) is 41.4 Å². The number of hydrogen-bond donors (Lipinski definition) is 0. The van der Waals surface area contributed by atoms with Crippen LogP contribution in [0.4, 0.5) is 11.5 Å². The van der Waals surface area contributed by atoms with E-state index in [0.717, 1.165) is 5.69 Å². The van der Waals surface area contributed by atoms with Gasteiger partial charge in [-0.1, -0.05) is 43.0 Å². The van der Waals surface area contributed by atoms with Gasteiger partial charge in [0.25, 0.3) is 0 Å². The number of aliphatic imine (C=N–C) groups is 1. The third kappa shape index (κ3) is 4.05. The molecule has 1 fully saturated rings. The quantitative estimate of drug-likeness (QED) is 0.306. The van der Waals surface area contributed by atoms with Crippen molar-refractivity contribution >= 4 is 41.0 Å². The zero-order valence-corrected chi connectivity index (χ0v) is 15.1. The maximum absolute atomic E-state index is 6.00. The zero-order valence-electron chi connectivity index (χ0n) is 13.6. The number of nitrogens with zero attached hydrogens (tertiary/aromatic N) is 4. The molecule has 1 aliphatic carbocycles. The first-order valence-corrected chi connectivity index (χ1v) is 8.94. The molecular formula is C18H20Cl2N4. The molecule has 0 unspecified atom stereocenters. The van der Waals surface area contributed by atoms with E-state index in [-0.39, 0.29) is 5.28 Å². The molecule has 1 heterocycles. The van der Waals surface area contributed by atoms with Crippen LogP contribution in [-0.4, -0.2) is 23.4 Å². The predicted octanol–water partition coefficient (Wildman–Crippen LogP) is 5.63. The Morgan fingerprint density at radius 1 is 1.08 bits per heavy atom. The lowest BCUT2D eigenvalue weighted by molar-refractivity contribution is 0.443. The molecule has 1 aliphatic rings. The normalized spacial score (nSPS) is 15.8. The monoisotopic (exact) mass is 362 g/mol. The van der Waals surface area contributed by atoms with Crippen LogP contribution in [0, 0.1) is 0 Å². The summed E-state index contributed by atoms with van der Waals surface area (Å²) in [5, 5.41) is 0.421. The number of rotatable bonds is 4. The standard InChI is InChI=1S/C18H20Cl2N4/c1-21-12-24(17-11-16(19)22-18(20)23-17)15-9-7-14(8-10-15)13-5-3-2-4-6-13/h7-13H,2-6H2,1H3. The number of benzene rings is 1. The number of anilines is 2. The molecule has 0 aliphatic heterocycles. The summed E-state index contributed by atoms with van der Waals surface area (Å²) in [6.45, 7) is 0. The summed E-state index contributed by atoms with van der Waals surface area (Å²) < 4.78 is 0. The fourth-order valence-corrected chi connectivity index (χ4v) is 3.62. The Morgan fingerprint density at radius 3 is 2.42 bits per heavy atom. The van der Waals surface area contributed by atoms with Crippen LogP contribution < -0.4 is 4.90 Å². The molecule has 0 atom stereocenters. The van der Waals surface area contributed by atoms with Gasteiger partial charge in [0.1, 0.15) is 11.0 Å². The van der Waals surface area contributed by atoms with Crippen molar-refractivity contribution in [2.45, 2.75) is 38.0 Å². The summed E-state index contributed by atoms with van der Waals surface area (Å²) in [6, 6.07) is 10.3. The second-order valence-electron chi connectivity index (χ2n) is 5.99. The van der Waals surface area contributed by atoms with Gasteiger partial charge in [0, 0.05) is 18.8 Å². The van der Waals surface area contributed by atoms with Crippen LogP contribution in [-0.2, 0) is 0 Å². The zero-order chi connectivity index (χ0) is 16.9. The molecule has 0 spiro atoms. The molecule has 3 rings (SSSR count).